The SMILES string of the molecule is CC(c1c(O)cccc1O)N1CCCc2ccccc21. The highest BCUT2D eigenvalue weighted by Gasteiger charge is 2.25. The molecule has 3 rings (SSSR count). The van der Waals surface area contributed by atoms with E-state index in [0.717, 1.165) is 19.4 Å². The first-order chi connectivity index (χ1) is 9.68. The van der Waals surface area contributed by atoms with Gasteiger partial charge in [-0.05, 0) is 43.5 Å². The zero-order valence-electron chi connectivity index (χ0n) is 11.6. The van der Waals surface area contributed by atoms with Crippen molar-refractivity contribution in [2.45, 2.75) is 25.8 Å². The largest absolute Gasteiger partial charge is 0.507 e. The van der Waals surface area contributed by atoms with Crippen molar-refractivity contribution in [3.8, 4) is 11.5 Å². The predicted octanol–water partition coefficient (Wildman–Crippen LogP) is 3.61. The van der Waals surface area contributed by atoms with Crippen molar-refractivity contribution in [2.75, 3.05) is 11.4 Å². The number of fused-ring (bicyclic) bond motifs is 1. The maximum Gasteiger partial charge on any atom is 0.124 e. The number of benzene rings is 2. The second-order valence-corrected chi connectivity index (χ2v) is 5.31. The number of hydrogen-bond acceptors (Lipinski definition) is 3. The van der Waals surface area contributed by atoms with E-state index < -0.39 is 0 Å². The van der Waals surface area contributed by atoms with E-state index in [4.69, 9.17) is 0 Å². The third kappa shape index (κ3) is 2.09. The standard InChI is InChI=1S/C17H19NO2/c1-12(17-15(19)9-4-10-16(17)20)18-11-5-7-13-6-2-3-8-14(13)18/h2-4,6,8-10,12,19-20H,5,7,11H2,1H3. The molecule has 3 heteroatoms. The molecule has 1 aliphatic heterocycles. The molecule has 1 aliphatic rings. The fourth-order valence-corrected chi connectivity index (χ4v) is 3.09. The summed E-state index contributed by atoms with van der Waals surface area (Å²) in [6.07, 6.45) is 2.18. The van der Waals surface area contributed by atoms with Crippen molar-refractivity contribution < 1.29 is 10.2 Å². The van der Waals surface area contributed by atoms with E-state index >= 15 is 0 Å². The molecule has 1 unspecified atom stereocenters. The Morgan fingerprint density at radius 2 is 1.70 bits per heavy atom. The van der Waals surface area contributed by atoms with Gasteiger partial charge in [0, 0.05) is 12.2 Å². The van der Waals surface area contributed by atoms with E-state index in [-0.39, 0.29) is 17.5 Å². The molecule has 0 radical (unpaired) electrons. The summed E-state index contributed by atoms with van der Waals surface area (Å²) in [5.41, 5.74) is 3.14. The summed E-state index contributed by atoms with van der Waals surface area (Å²) in [7, 11) is 0. The number of anilines is 1. The van der Waals surface area contributed by atoms with Crippen LogP contribution in [-0.4, -0.2) is 16.8 Å². The van der Waals surface area contributed by atoms with E-state index in [0.29, 0.717) is 5.56 Å². The second kappa shape index (κ2) is 5.08. The second-order valence-electron chi connectivity index (χ2n) is 5.31. The zero-order valence-corrected chi connectivity index (χ0v) is 11.6. The zero-order chi connectivity index (χ0) is 14.1. The van der Waals surface area contributed by atoms with Gasteiger partial charge < -0.3 is 15.1 Å². The Labute approximate surface area is 119 Å². The molecule has 2 aromatic rings. The van der Waals surface area contributed by atoms with Crippen molar-refractivity contribution in [1.29, 1.82) is 0 Å². The average molecular weight is 269 g/mol. The Bertz CT molecular complexity index is 604. The molecule has 0 fully saturated rings. The van der Waals surface area contributed by atoms with Crippen LogP contribution in [-0.2, 0) is 6.42 Å². The first-order valence-electron chi connectivity index (χ1n) is 7.04. The molecule has 0 aliphatic carbocycles. The van der Waals surface area contributed by atoms with Crippen LogP contribution in [0.2, 0.25) is 0 Å². The minimum atomic E-state index is -0.0577. The molecule has 1 heterocycles. The molecule has 0 aromatic heterocycles. The van der Waals surface area contributed by atoms with E-state index in [9.17, 15) is 10.2 Å². The van der Waals surface area contributed by atoms with Crippen LogP contribution in [0.25, 0.3) is 0 Å². The Kier molecular flexibility index (Phi) is 3.26. The van der Waals surface area contributed by atoms with Gasteiger partial charge in [0.05, 0.1) is 11.6 Å². The summed E-state index contributed by atoms with van der Waals surface area (Å²) in [4.78, 5) is 2.26. The van der Waals surface area contributed by atoms with Gasteiger partial charge >= 0.3 is 0 Å². The monoisotopic (exact) mass is 269 g/mol. The lowest BCUT2D eigenvalue weighted by Gasteiger charge is -2.36. The van der Waals surface area contributed by atoms with Crippen molar-refractivity contribution >= 4 is 5.69 Å². The van der Waals surface area contributed by atoms with Crippen LogP contribution in [0.3, 0.4) is 0 Å². The summed E-state index contributed by atoms with van der Waals surface area (Å²) in [6.45, 7) is 2.96. The molecule has 20 heavy (non-hydrogen) atoms. The van der Waals surface area contributed by atoms with Gasteiger partial charge in [-0.1, -0.05) is 24.3 Å². The fraction of sp³-hybridized carbons (Fsp3) is 0.294. The quantitative estimate of drug-likeness (QED) is 0.875. The maximum atomic E-state index is 10.1. The molecule has 1 atom stereocenters. The topological polar surface area (TPSA) is 43.7 Å². The van der Waals surface area contributed by atoms with E-state index in [1.165, 1.54) is 11.3 Å². The van der Waals surface area contributed by atoms with Crippen LogP contribution >= 0.6 is 0 Å². The number of aryl methyl sites for hydroxylation is 1. The Balaban J connectivity index is 2.02. The first kappa shape index (κ1) is 12.9. The van der Waals surface area contributed by atoms with Crippen molar-refractivity contribution in [1.82, 2.24) is 0 Å². The number of para-hydroxylation sites is 1. The Hall–Kier alpha value is -2.16. The minimum absolute atomic E-state index is 0.0577. The maximum absolute atomic E-state index is 10.1. The number of phenolic OH excluding ortho intramolecular Hbond substituents is 2. The Morgan fingerprint density at radius 1 is 1.00 bits per heavy atom. The summed E-state index contributed by atoms with van der Waals surface area (Å²) >= 11 is 0. The van der Waals surface area contributed by atoms with Gasteiger partial charge in [0.2, 0.25) is 0 Å². The van der Waals surface area contributed by atoms with Crippen LogP contribution < -0.4 is 4.90 Å². The molecule has 104 valence electrons. The number of nitrogens with zero attached hydrogens (tertiary/aromatic N) is 1. The normalized spacial score (nSPS) is 15.8. The summed E-state index contributed by atoms with van der Waals surface area (Å²) in [5.74, 6) is 0.307. The van der Waals surface area contributed by atoms with Crippen LogP contribution in [0.1, 0.15) is 30.5 Å². The van der Waals surface area contributed by atoms with Crippen LogP contribution in [0.5, 0.6) is 11.5 Å². The lowest BCUT2D eigenvalue weighted by Crippen LogP contribution is -2.32. The van der Waals surface area contributed by atoms with Crippen molar-refractivity contribution in [3.05, 3.63) is 53.6 Å². The van der Waals surface area contributed by atoms with Gasteiger partial charge in [0.15, 0.2) is 0 Å². The summed E-state index contributed by atoms with van der Waals surface area (Å²) in [5, 5.41) is 20.1. The molecular formula is C17H19NO2. The molecule has 2 aromatic carbocycles. The lowest BCUT2D eigenvalue weighted by molar-refractivity contribution is 0.426. The highest BCUT2D eigenvalue weighted by atomic mass is 16.3. The smallest absolute Gasteiger partial charge is 0.124 e. The number of phenols is 2. The predicted molar refractivity (Wildman–Crippen MR) is 80.3 cm³/mol. The third-order valence-corrected chi connectivity index (χ3v) is 4.09. The van der Waals surface area contributed by atoms with E-state index in [1.54, 1.807) is 18.2 Å². The highest BCUT2D eigenvalue weighted by molar-refractivity contribution is 5.59. The minimum Gasteiger partial charge on any atom is -0.507 e. The number of aromatic hydroxyl groups is 2. The Morgan fingerprint density at radius 3 is 2.45 bits per heavy atom. The summed E-state index contributed by atoms with van der Waals surface area (Å²) in [6, 6.07) is 13.2. The molecule has 0 bridgehead atoms. The van der Waals surface area contributed by atoms with Gasteiger partial charge in [0.25, 0.3) is 0 Å². The third-order valence-electron chi connectivity index (χ3n) is 4.09. The summed E-state index contributed by atoms with van der Waals surface area (Å²) < 4.78 is 0. The molecule has 0 spiro atoms. The van der Waals surface area contributed by atoms with Crippen LogP contribution in [0.15, 0.2) is 42.5 Å². The molecule has 3 nitrogen and oxygen atoms in total. The molecule has 0 amide bonds. The fourth-order valence-electron chi connectivity index (χ4n) is 3.09. The molecular weight excluding hydrogens is 250 g/mol. The average Bonchev–Trinajstić information content (AvgIpc) is 2.46. The van der Waals surface area contributed by atoms with E-state index in [2.05, 4.69) is 23.1 Å². The molecule has 0 saturated heterocycles. The van der Waals surface area contributed by atoms with Gasteiger partial charge in [-0.15, -0.1) is 0 Å². The van der Waals surface area contributed by atoms with Gasteiger partial charge in [-0.2, -0.15) is 0 Å². The van der Waals surface area contributed by atoms with Gasteiger partial charge in [0.1, 0.15) is 11.5 Å². The van der Waals surface area contributed by atoms with Crippen LogP contribution in [0.4, 0.5) is 5.69 Å². The first-order valence-corrected chi connectivity index (χ1v) is 7.04. The molecule has 2 N–H and O–H groups in total. The number of hydrogen-bond donors (Lipinski definition) is 2. The lowest BCUT2D eigenvalue weighted by atomic mass is 9.97. The van der Waals surface area contributed by atoms with Gasteiger partial charge in [-0.25, -0.2) is 0 Å². The van der Waals surface area contributed by atoms with E-state index in [1.807, 2.05) is 13.0 Å². The van der Waals surface area contributed by atoms with Crippen molar-refractivity contribution in [2.24, 2.45) is 0 Å². The van der Waals surface area contributed by atoms with Crippen LogP contribution in [0, 0.1) is 0 Å². The molecule has 0 saturated carbocycles. The highest BCUT2D eigenvalue weighted by Crippen LogP contribution is 2.40. The number of rotatable bonds is 2. The van der Waals surface area contributed by atoms with Crippen molar-refractivity contribution in [3.63, 3.8) is 0 Å². The van der Waals surface area contributed by atoms with Gasteiger partial charge in [-0.3, -0.25) is 0 Å².